The van der Waals surface area contributed by atoms with Crippen LogP contribution in [0.3, 0.4) is 0 Å². The Balaban J connectivity index is 4.33. The molecule has 0 bridgehead atoms. The molecule has 2 unspecified atom stereocenters. The number of amides is 1. The Morgan fingerprint density at radius 2 is 2.33 bits per heavy atom. The van der Waals surface area contributed by atoms with Gasteiger partial charge in [0.1, 0.15) is 6.10 Å². The Labute approximate surface area is 70.3 Å². The number of nitrogens with one attached hydrogen (secondary N) is 1. The smallest absolute Gasteiger partial charge is 0.245 e. The molecular formula is C7H13NO4. The van der Waals surface area contributed by atoms with E-state index >= 15 is 0 Å². The van der Waals surface area contributed by atoms with Gasteiger partial charge in [-0.25, -0.2) is 0 Å². The molecule has 5 nitrogen and oxygen atoms in total. The molecule has 0 aliphatic carbocycles. The number of aliphatic hydroxyl groups is 3. The van der Waals surface area contributed by atoms with Crippen molar-refractivity contribution >= 4 is 5.91 Å². The van der Waals surface area contributed by atoms with Gasteiger partial charge in [0.25, 0.3) is 0 Å². The summed E-state index contributed by atoms with van der Waals surface area (Å²) in [5.74, 6) is -0.660. The van der Waals surface area contributed by atoms with Crippen LogP contribution < -0.4 is 5.32 Å². The highest BCUT2D eigenvalue weighted by molar-refractivity contribution is 5.87. The van der Waals surface area contributed by atoms with E-state index in [4.69, 9.17) is 10.2 Å². The third kappa shape index (κ3) is 2.61. The second-order valence-corrected chi connectivity index (χ2v) is 2.45. The molecule has 0 radical (unpaired) electrons. The predicted octanol–water partition coefficient (Wildman–Crippen LogP) is -1.65. The summed E-state index contributed by atoms with van der Waals surface area (Å²) in [6.07, 6.45) is -0.324. The maximum atomic E-state index is 10.7. The molecule has 0 heterocycles. The summed E-state index contributed by atoms with van der Waals surface area (Å²) in [6, 6.07) is 0. The lowest BCUT2D eigenvalue weighted by Gasteiger charge is -2.29. The van der Waals surface area contributed by atoms with Crippen molar-refractivity contribution in [1.29, 1.82) is 0 Å². The average Bonchev–Trinajstić information content (AvgIpc) is 2.03. The van der Waals surface area contributed by atoms with Crippen molar-refractivity contribution in [3.8, 4) is 0 Å². The molecule has 0 rings (SSSR count). The summed E-state index contributed by atoms with van der Waals surface area (Å²) >= 11 is 0. The topological polar surface area (TPSA) is 89.8 Å². The molecule has 5 heteroatoms. The number of hydrogen-bond donors (Lipinski definition) is 4. The molecule has 70 valence electrons. The fraction of sp³-hybridized carbons (Fsp3) is 0.571. The standard InChI is InChI=1S/C7H13NO4/c1-3-6(11)8-7(12,4-9)5(2)10/h3,5,9-10,12H,1,4H2,2H3,(H,8,11). The van der Waals surface area contributed by atoms with Gasteiger partial charge < -0.3 is 20.6 Å². The van der Waals surface area contributed by atoms with E-state index in [1.807, 2.05) is 5.32 Å². The summed E-state index contributed by atoms with van der Waals surface area (Å²) in [6.45, 7) is 3.64. The minimum atomic E-state index is -1.99. The number of aliphatic hydroxyl groups excluding tert-OH is 2. The molecule has 0 aromatic heterocycles. The van der Waals surface area contributed by atoms with Crippen molar-refractivity contribution in [2.75, 3.05) is 6.61 Å². The van der Waals surface area contributed by atoms with Gasteiger partial charge in [-0.1, -0.05) is 6.58 Å². The van der Waals surface area contributed by atoms with Crippen molar-refractivity contribution in [3.63, 3.8) is 0 Å². The summed E-state index contributed by atoms with van der Waals surface area (Å²) in [5, 5.41) is 28.9. The van der Waals surface area contributed by atoms with Crippen LogP contribution in [0, 0.1) is 0 Å². The van der Waals surface area contributed by atoms with E-state index in [2.05, 4.69) is 6.58 Å². The first kappa shape index (κ1) is 11.1. The van der Waals surface area contributed by atoms with Crippen LogP contribution >= 0.6 is 0 Å². The largest absolute Gasteiger partial charge is 0.391 e. The Bertz CT molecular complexity index is 180. The van der Waals surface area contributed by atoms with Gasteiger partial charge in [-0.05, 0) is 13.0 Å². The quantitative estimate of drug-likeness (QED) is 0.304. The fourth-order valence-corrected chi connectivity index (χ4v) is 0.540. The van der Waals surface area contributed by atoms with Crippen LogP contribution in [-0.2, 0) is 4.79 Å². The summed E-state index contributed by atoms with van der Waals surface area (Å²) < 4.78 is 0. The zero-order valence-electron chi connectivity index (χ0n) is 6.82. The molecule has 4 N–H and O–H groups in total. The van der Waals surface area contributed by atoms with Crippen LogP contribution in [0.1, 0.15) is 6.92 Å². The minimum Gasteiger partial charge on any atom is -0.391 e. The number of carbonyl (C=O) groups is 1. The molecule has 0 fully saturated rings. The first-order valence-electron chi connectivity index (χ1n) is 3.42. The summed E-state index contributed by atoms with van der Waals surface area (Å²) in [5.41, 5.74) is -1.99. The van der Waals surface area contributed by atoms with Gasteiger partial charge in [-0.2, -0.15) is 0 Å². The maximum Gasteiger partial charge on any atom is 0.245 e. The van der Waals surface area contributed by atoms with E-state index in [1.165, 1.54) is 6.92 Å². The summed E-state index contributed by atoms with van der Waals surface area (Å²) in [7, 11) is 0. The van der Waals surface area contributed by atoms with Gasteiger partial charge in [0, 0.05) is 0 Å². The monoisotopic (exact) mass is 175 g/mol. The predicted molar refractivity (Wildman–Crippen MR) is 42.1 cm³/mol. The molecule has 0 saturated heterocycles. The van der Waals surface area contributed by atoms with Crippen LogP contribution in [-0.4, -0.2) is 39.7 Å². The Hall–Kier alpha value is -0.910. The number of carbonyl (C=O) groups excluding carboxylic acids is 1. The molecule has 1 amide bonds. The zero-order chi connectivity index (χ0) is 9.78. The molecule has 2 atom stereocenters. The maximum absolute atomic E-state index is 10.7. The van der Waals surface area contributed by atoms with E-state index < -0.39 is 24.3 Å². The second kappa shape index (κ2) is 4.20. The molecule has 0 aliphatic heterocycles. The first-order valence-corrected chi connectivity index (χ1v) is 3.42. The molecule has 0 spiro atoms. The van der Waals surface area contributed by atoms with E-state index in [0.717, 1.165) is 6.08 Å². The van der Waals surface area contributed by atoms with Gasteiger partial charge in [0.15, 0.2) is 5.72 Å². The Kier molecular flexibility index (Phi) is 3.88. The third-order valence-corrected chi connectivity index (χ3v) is 1.46. The second-order valence-electron chi connectivity index (χ2n) is 2.45. The molecule has 0 aromatic rings. The lowest BCUT2D eigenvalue weighted by molar-refractivity contribution is -0.144. The van der Waals surface area contributed by atoms with Crippen molar-refractivity contribution < 1.29 is 20.1 Å². The van der Waals surface area contributed by atoms with Crippen LogP contribution in [0.2, 0.25) is 0 Å². The lowest BCUT2D eigenvalue weighted by atomic mass is 10.1. The molecule has 12 heavy (non-hydrogen) atoms. The van der Waals surface area contributed by atoms with Gasteiger partial charge in [-0.3, -0.25) is 4.79 Å². The number of rotatable bonds is 4. The van der Waals surface area contributed by atoms with E-state index in [-0.39, 0.29) is 0 Å². The zero-order valence-corrected chi connectivity index (χ0v) is 6.82. The molecule has 0 aliphatic rings. The van der Waals surface area contributed by atoms with Crippen LogP contribution in [0.25, 0.3) is 0 Å². The van der Waals surface area contributed by atoms with Gasteiger partial charge in [0.2, 0.25) is 5.91 Å². The first-order chi connectivity index (χ1) is 5.46. The SMILES string of the molecule is C=CC(=O)NC(O)(CO)C(C)O. The van der Waals surface area contributed by atoms with E-state index in [9.17, 15) is 9.90 Å². The number of hydrogen-bond acceptors (Lipinski definition) is 4. The van der Waals surface area contributed by atoms with E-state index in [0.29, 0.717) is 0 Å². The molecule has 0 aromatic carbocycles. The summed E-state index contributed by atoms with van der Waals surface area (Å²) in [4.78, 5) is 10.7. The minimum absolute atomic E-state index is 0.660. The van der Waals surface area contributed by atoms with Crippen LogP contribution in [0.5, 0.6) is 0 Å². The third-order valence-electron chi connectivity index (χ3n) is 1.46. The molecular weight excluding hydrogens is 162 g/mol. The highest BCUT2D eigenvalue weighted by atomic mass is 16.4. The average molecular weight is 175 g/mol. The Morgan fingerprint density at radius 3 is 2.58 bits per heavy atom. The van der Waals surface area contributed by atoms with Crippen LogP contribution in [0.15, 0.2) is 12.7 Å². The highest BCUT2D eigenvalue weighted by Crippen LogP contribution is 2.04. The highest BCUT2D eigenvalue weighted by Gasteiger charge is 2.32. The van der Waals surface area contributed by atoms with Gasteiger partial charge in [0.05, 0.1) is 6.61 Å². The van der Waals surface area contributed by atoms with E-state index in [1.54, 1.807) is 0 Å². The van der Waals surface area contributed by atoms with Crippen molar-refractivity contribution in [2.45, 2.75) is 18.8 Å². The van der Waals surface area contributed by atoms with Crippen molar-refractivity contribution in [3.05, 3.63) is 12.7 Å². The lowest BCUT2D eigenvalue weighted by Crippen LogP contribution is -2.58. The normalized spacial score (nSPS) is 17.7. The van der Waals surface area contributed by atoms with Gasteiger partial charge >= 0.3 is 0 Å². The van der Waals surface area contributed by atoms with Crippen molar-refractivity contribution in [2.24, 2.45) is 0 Å². The van der Waals surface area contributed by atoms with Crippen molar-refractivity contribution in [1.82, 2.24) is 5.32 Å². The molecule has 0 saturated carbocycles. The Morgan fingerprint density at radius 1 is 1.83 bits per heavy atom. The fourth-order valence-electron chi connectivity index (χ4n) is 0.540. The van der Waals surface area contributed by atoms with Gasteiger partial charge in [-0.15, -0.1) is 0 Å². The van der Waals surface area contributed by atoms with Crippen LogP contribution in [0.4, 0.5) is 0 Å².